The minimum absolute atomic E-state index is 0.184. The van der Waals surface area contributed by atoms with Crippen molar-refractivity contribution in [2.45, 2.75) is 38.8 Å². The number of thiazole rings is 1. The van der Waals surface area contributed by atoms with Gasteiger partial charge in [0.1, 0.15) is 0 Å². The fraction of sp³-hybridized carbons (Fsp3) is 0.348. The van der Waals surface area contributed by atoms with Crippen molar-refractivity contribution in [3.63, 3.8) is 0 Å². The highest BCUT2D eigenvalue weighted by Gasteiger charge is 2.15. The zero-order valence-corrected chi connectivity index (χ0v) is 17.8. The lowest BCUT2D eigenvalue weighted by atomic mass is 9.98. The predicted octanol–water partition coefficient (Wildman–Crippen LogP) is 5.36. The van der Waals surface area contributed by atoms with E-state index in [1.165, 1.54) is 16.1 Å². The Morgan fingerprint density at radius 3 is 2.39 bits per heavy atom. The molecule has 0 fully saturated rings. The highest BCUT2D eigenvalue weighted by molar-refractivity contribution is 7.09. The average Bonchev–Trinajstić information content (AvgIpc) is 3.21. The molecule has 5 heteroatoms. The summed E-state index contributed by atoms with van der Waals surface area (Å²) >= 11 is 1.74. The van der Waals surface area contributed by atoms with E-state index < -0.39 is 0 Å². The molecular formula is C23H28N2O2S. The molecule has 3 rings (SSSR count). The molecule has 0 spiro atoms. The van der Waals surface area contributed by atoms with Gasteiger partial charge in [0.25, 0.3) is 0 Å². The molecule has 4 nitrogen and oxygen atoms in total. The van der Waals surface area contributed by atoms with Crippen LogP contribution in [0, 0.1) is 0 Å². The first-order valence-electron chi connectivity index (χ1n) is 9.54. The maximum Gasteiger partial charge on any atom is 0.160 e. The van der Waals surface area contributed by atoms with Gasteiger partial charge in [-0.2, -0.15) is 0 Å². The standard InChI is InChI=1S/C23H28N2O2S/c1-16(2)23-25-19(15-28-23)14-24-20(18-8-6-5-7-9-18)12-17-10-11-21(26-3)22(13-17)27-4/h5-11,13,15-16,20,24H,12,14H2,1-4H3. The van der Waals surface area contributed by atoms with Gasteiger partial charge < -0.3 is 14.8 Å². The van der Waals surface area contributed by atoms with Crippen LogP contribution >= 0.6 is 11.3 Å². The molecular weight excluding hydrogens is 368 g/mol. The Hall–Kier alpha value is -2.37. The first-order chi connectivity index (χ1) is 13.6. The maximum atomic E-state index is 5.46. The molecule has 1 aromatic heterocycles. The van der Waals surface area contributed by atoms with Crippen molar-refractivity contribution in [2.75, 3.05) is 14.2 Å². The SMILES string of the molecule is COc1ccc(CC(NCc2csc(C(C)C)n2)c2ccccc2)cc1OC. The molecule has 0 radical (unpaired) electrons. The lowest BCUT2D eigenvalue weighted by Gasteiger charge is -2.20. The summed E-state index contributed by atoms with van der Waals surface area (Å²) in [6.07, 6.45) is 0.853. The fourth-order valence-corrected chi connectivity index (χ4v) is 3.97. The van der Waals surface area contributed by atoms with Crippen LogP contribution in [0.4, 0.5) is 0 Å². The Morgan fingerprint density at radius 2 is 1.75 bits per heavy atom. The van der Waals surface area contributed by atoms with Gasteiger partial charge >= 0.3 is 0 Å². The maximum absolute atomic E-state index is 5.46. The third kappa shape index (κ3) is 5.12. The van der Waals surface area contributed by atoms with Gasteiger partial charge in [0, 0.05) is 23.9 Å². The van der Waals surface area contributed by atoms with Crippen LogP contribution in [0.15, 0.2) is 53.9 Å². The van der Waals surface area contributed by atoms with Gasteiger partial charge in [-0.3, -0.25) is 0 Å². The van der Waals surface area contributed by atoms with Crippen LogP contribution in [-0.2, 0) is 13.0 Å². The summed E-state index contributed by atoms with van der Waals surface area (Å²) in [5.74, 6) is 1.97. The van der Waals surface area contributed by atoms with E-state index in [2.05, 4.69) is 60.9 Å². The van der Waals surface area contributed by atoms with E-state index in [0.29, 0.717) is 5.92 Å². The second-order valence-corrected chi connectivity index (χ2v) is 7.96. The zero-order valence-electron chi connectivity index (χ0n) is 16.9. The van der Waals surface area contributed by atoms with Crippen LogP contribution < -0.4 is 14.8 Å². The van der Waals surface area contributed by atoms with Crippen molar-refractivity contribution in [3.05, 3.63) is 75.7 Å². The summed E-state index contributed by atoms with van der Waals surface area (Å²) < 4.78 is 10.8. The lowest BCUT2D eigenvalue weighted by molar-refractivity contribution is 0.354. The fourth-order valence-electron chi connectivity index (χ4n) is 3.13. The van der Waals surface area contributed by atoms with Crippen LogP contribution in [0.5, 0.6) is 11.5 Å². The second-order valence-electron chi connectivity index (χ2n) is 7.07. The van der Waals surface area contributed by atoms with Crippen LogP contribution in [0.2, 0.25) is 0 Å². The molecule has 0 amide bonds. The Kier molecular flexibility index (Phi) is 7.06. The largest absolute Gasteiger partial charge is 0.493 e. The Balaban J connectivity index is 1.77. The lowest BCUT2D eigenvalue weighted by Crippen LogP contribution is -2.23. The number of ether oxygens (including phenoxy) is 2. The topological polar surface area (TPSA) is 43.4 Å². The monoisotopic (exact) mass is 396 g/mol. The quantitative estimate of drug-likeness (QED) is 0.529. The van der Waals surface area contributed by atoms with Gasteiger partial charge in [0.05, 0.1) is 24.9 Å². The normalized spacial score (nSPS) is 12.2. The average molecular weight is 397 g/mol. The number of hydrogen-bond donors (Lipinski definition) is 1. The molecule has 0 saturated carbocycles. The van der Waals surface area contributed by atoms with Gasteiger partial charge in [-0.25, -0.2) is 4.98 Å². The van der Waals surface area contributed by atoms with E-state index in [1.54, 1.807) is 25.6 Å². The molecule has 1 unspecified atom stereocenters. The summed E-state index contributed by atoms with van der Waals surface area (Å²) in [5.41, 5.74) is 3.55. The van der Waals surface area contributed by atoms with Gasteiger partial charge in [0.15, 0.2) is 11.5 Å². The smallest absolute Gasteiger partial charge is 0.160 e. The molecule has 28 heavy (non-hydrogen) atoms. The summed E-state index contributed by atoms with van der Waals surface area (Å²) in [6.45, 7) is 5.11. The number of hydrogen-bond acceptors (Lipinski definition) is 5. The molecule has 0 aliphatic heterocycles. The minimum Gasteiger partial charge on any atom is -0.493 e. The van der Waals surface area contributed by atoms with Gasteiger partial charge in [-0.15, -0.1) is 11.3 Å². The third-order valence-corrected chi connectivity index (χ3v) is 5.88. The summed E-state index contributed by atoms with van der Waals surface area (Å²) in [4.78, 5) is 4.75. The van der Waals surface area contributed by atoms with E-state index in [4.69, 9.17) is 14.5 Å². The number of benzene rings is 2. The van der Waals surface area contributed by atoms with Crippen LogP contribution in [0.3, 0.4) is 0 Å². The van der Waals surface area contributed by atoms with Crippen molar-refractivity contribution >= 4 is 11.3 Å². The molecule has 1 atom stereocenters. The van der Waals surface area contributed by atoms with Crippen LogP contribution in [-0.4, -0.2) is 19.2 Å². The number of aromatic nitrogens is 1. The molecule has 2 aromatic carbocycles. The van der Waals surface area contributed by atoms with E-state index >= 15 is 0 Å². The van der Waals surface area contributed by atoms with E-state index in [9.17, 15) is 0 Å². The zero-order chi connectivity index (χ0) is 19.9. The summed E-state index contributed by atoms with van der Waals surface area (Å²) in [7, 11) is 3.33. The predicted molar refractivity (Wildman–Crippen MR) is 115 cm³/mol. The molecule has 0 saturated heterocycles. The van der Waals surface area contributed by atoms with Gasteiger partial charge in [-0.1, -0.05) is 50.2 Å². The highest BCUT2D eigenvalue weighted by atomic mass is 32.1. The number of nitrogens with one attached hydrogen (secondary N) is 1. The minimum atomic E-state index is 0.184. The molecule has 3 aromatic rings. The van der Waals surface area contributed by atoms with Crippen molar-refractivity contribution in [1.82, 2.24) is 10.3 Å². The Morgan fingerprint density at radius 1 is 1.00 bits per heavy atom. The molecule has 1 heterocycles. The van der Waals surface area contributed by atoms with E-state index in [-0.39, 0.29) is 6.04 Å². The number of methoxy groups -OCH3 is 2. The first-order valence-corrected chi connectivity index (χ1v) is 10.4. The van der Waals surface area contributed by atoms with Gasteiger partial charge in [-0.05, 0) is 29.7 Å². The number of rotatable bonds is 9. The summed E-state index contributed by atoms with van der Waals surface area (Å²) in [5, 5.41) is 7.03. The summed E-state index contributed by atoms with van der Waals surface area (Å²) in [6, 6.07) is 16.8. The highest BCUT2D eigenvalue weighted by Crippen LogP contribution is 2.30. The van der Waals surface area contributed by atoms with Crippen LogP contribution in [0.1, 0.15) is 47.6 Å². The van der Waals surface area contributed by atoms with E-state index in [1.807, 2.05) is 12.1 Å². The molecule has 0 aliphatic carbocycles. The van der Waals surface area contributed by atoms with Crippen molar-refractivity contribution in [3.8, 4) is 11.5 Å². The first kappa shape index (κ1) is 20.4. The molecule has 148 valence electrons. The Labute approximate surface area is 171 Å². The second kappa shape index (κ2) is 9.71. The van der Waals surface area contributed by atoms with Crippen molar-refractivity contribution in [1.29, 1.82) is 0 Å². The number of nitrogens with zero attached hydrogens (tertiary/aromatic N) is 1. The molecule has 0 aliphatic rings. The third-order valence-electron chi connectivity index (χ3n) is 4.68. The molecule has 0 bridgehead atoms. The van der Waals surface area contributed by atoms with E-state index in [0.717, 1.165) is 30.2 Å². The van der Waals surface area contributed by atoms with Crippen molar-refractivity contribution in [2.24, 2.45) is 0 Å². The van der Waals surface area contributed by atoms with Crippen LogP contribution in [0.25, 0.3) is 0 Å². The van der Waals surface area contributed by atoms with Gasteiger partial charge in [0.2, 0.25) is 0 Å². The Bertz CT molecular complexity index is 877. The molecule has 1 N–H and O–H groups in total. The van der Waals surface area contributed by atoms with Crippen molar-refractivity contribution < 1.29 is 9.47 Å².